The summed E-state index contributed by atoms with van der Waals surface area (Å²) in [7, 11) is 0. The Balaban J connectivity index is 2.87. The van der Waals surface area contributed by atoms with Crippen molar-refractivity contribution in [1.82, 2.24) is 4.57 Å². The standard InChI is InChI=1S/C12H17NO4/c1-3-7-17-10-5-4-6-13(11(10)14)8-9(2)12(15)16/h4-6,9H,3,7-8H2,1-2H3,(H,15,16)/t9-/m1/s1. The zero-order valence-electron chi connectivity index (χ0n) is 10.0. The summed E-state index contributed by atoms with van der Waals surface area (Å²) in [6, 6.07) is 3.28. The predicted octanol–water partition coefficient (Wildman–Crippen LogP) is 1.36. The Morgan fingerprint density at radius 2 is 2.29 bits per heavy atom. The fourth-order valence-corrected chi connectivity index (χ4v) is 1.35. The van der Waals surface area contributed by atoms with Crippen LogP contribution < -0.4 is 10.3 Å². The topological polar surface area (TPSA) is 68.5 Å². The van der Waals surface area contributed by atoms with E-state index in [-0.39, 0.29) is 17.9 Å². The first kappa shape index (κ1) is 13.3. The number of carboxylic acids is 1. The lowest BCUT2D eigenvalue weighted by molar-refractivity contribution is -0.141. The molecule has 1 N–H and O–H groups in total. The van der Waals surface area contributed by atoms with Crippen LogP contribution >= 0.6 is 0 Å². The van der Waals surface area contributed by atoms with Crippen molar-refractivity contribution in [2.75, 3.05) is 6.61 Å². The lowest BCUT2D eigenvalue weighted by Crippen LogP contribution is -2.26. The lowest BCUT2D eigenvalue weighted by atomic mass is 10.2. The molecule has 0 fully saturated rings. The second-order valence-corrected chi connectivity index (χ2v) is 3.92. The van der Waals surface area contributed by atoms with Crippen LogP contribution in [0, 0.1) is 5.92 Å². The van der Waals surface area contributed by atoms with Gasteiger partial charge in [-0.2, -0.15) is 0 Å². The predicted molar refractivity (Wildman–Crippen MR) is 63.3 cm³/mol. The summed E-state index contributed by atoms with van der Waals surface area (Å²) in [6.45, 7) is 4.15. The van der Waals surface area contributed by atoms with Gasteiger partial charge in [0, 0.05) is 12.7 Å². The Hall–Kier alpha value is -1.78. The van der Waals surface area contributed by atoms with E-state index >= 15 is 0 Å². The van der Waals surface area contributed by atoms with E-state index < -0.39 is 11.9 Å². The fraction of sp³-hybridized carbons (Fsp3) is 0.500. The molecule has 1 aromatic heterocycles. The fourth-order valence-electron chi connectivity index (χ4n) is 1.35. The van der Waals surface area contributed by atoms with Gasteiger partial charge in [0.25, 0.3) is 5.56 Å². The van der Waals surface area contributed by atoms with Gasteiger partial charge in [-0.05, 0) is 18.6 Å². The van der Waals surface area contributed by atoms with Crippen molar-refractivity contribution in [3.63, 3.8) is 0 Å². The maximum absolute atomic E-state index is 11.9. The first-order valence-corrected chi connectivity index (χ1v) is 5.61. The maximum atomic E-state index is 11.9. The van der Waals surface area contributed by atoms with Crippen LogP contribution in [0.5, 0.6) is 5.75 Å². The van der Waals surface area contributed by atoms with Crippen LogP contribution in [0.25, 0.3) is 0 Å². The molecular weight excluding hydrogens is 222 g/mol. The highest BCUT2D eigenvalue weighted by Crippen LogP contribution is 2.05. The number of nitrogens with zero attached hydrogens (tertiary/aromatic N) is 1. The van der Waals surface area contributed by atoms with E-state index in [2.05, 4.69) is 0 Å². The average molecular weight is 239 g/mol. The number of rotatable bonds is 6. The average Bonchev–Trinajstić information content (AvgIpc) is 2.30. The summed E-state index contributed by atoms with van der Waals surface area (Å²) in [4.78, 5) is 22.6. The van der Waals surface area contributed by atoms with Crippen molar-refractivity contribution in [3.8, 4) is 5.75 Å². The lowest BCUT2D eigenvalue weighted by Gasteiger charge is -2.11. The Kier molecular flexibility index (Phi) is 4.75. The molecule has 17 heavy (non-hydrogen) atoms. The maximum Gasteiger partial charge on any atom is 0.308 e. The van der Waals surface area contributed by atoms with Gasteiger partial charge in [0.1, 0.15) is 0 Å². The summed E-state index contributed by atoms with van der Waals surface area (Å²) in [5, 5.41) is 8.80. The third-order valence-electron chi connectivity index (χ3n) is 2.34. The zero-order chi connectivity index (χ0) is 12.8. The molecule has 0 saturated heterocycles. The van der Waals surface area contributed by atoms with Gasteiger partial charge in [0.2, 0.25) is 0 Å². The highest BCUT2D eigenvalue weighted by Gasteiger charge is 2.13. The number of hydrogen-bond donors (Lipinski definition) is 1. The van der Waals surface area contributed by atoms with Crippen molar-refractivity contribution in [3.05, 3.63) is 28.7 Å². The van der Waals surface area contributed by atoms with Crippen molar-refractivity contribution >= 4 is 5.97 Å². The van der Waals surface area contributed by atoms with Crippen LogP contribution in [0.1, 0.15) is 20.3 Å². The van der Waals surface area contributed by atoms with E-state index in [1.165, 1.54) is 4.57 Å². The Morgan fingerprint density at radius 1 is 1.59 bits per heavy atom. The molecule has 0 radical (unpaired) electrons. The van der Waals surface area contributed by atoms with Crippen LogP contribution in [-0.2, 0) is 11.3 Å². The van der Waals surface area contributed by atoms with Gasteiger partial charge in [-0.25, -0.2) is 0 Å². The third kappa shape index (κ3) is 3.62. The minimum atomic E-state index is -0.920. The molecule has 0 bridgehead atoms. The number of carboxylic acid groups (broad SMARTS) is 1. The smallest absolute Gasteiger partial charge is 0.308 e. The molecule has 5 heteroatoms. The summed E-state index contributed by atoms with van der Waals surface area (Å²) < 4.78 is 6.65. The normalized spacial score (nSPS) is 12.1. The van der Waals surface area contributed by atoms with Gasteiger partial charge in [-0.15, -0.1) is 0 Å². The van der Waals surface area contributed by atoms with Gasteiger partial charge in [-0.1, -0.05) is 13.8 Å². The molecule has 1 atom stereocenters. The minimum Gasteiger partial charge on any atom is -0.488 e. The Morgan fingerprint density at radius 3 is 2.88 bits per heavy atom. The Labute approximate surface area is 99.6 Å². The minimum absolute atomic E-state index is 0.150. The molecule has 0 unspecified atom stereocenters. The van der Waals surface area contributed by atoms with Crippen LogP contribution in [0.2, 0.25) is 0 Å². The van der Waals surface area contributed by atoms with Crippen LogP contribution in [0.15, 0.2) is 23.1 Å². The van der Waals surface area contributed by atoms with E-state index in [0.29, 0.717) is 6.61 Å². The van der Waals surface area contributed by atoms with Gasteiger partial charge >= 0.3 is 5.97 Å². The monoisotopic (exact) mass is 239 g/mol. The Bertz CT molecular complexity index is 438. The highest BCUT2D eigenvalue weighted by molar-refractivity contribution is 5.69. The van der Waals surface area contributed by atoms with Gasteiger partial charge in [0.05, 0.1) is 12.5 Å². The number of aromatic nitrogens is 1. The molecule has 0 saturated carbocycles. The number of aliphatic carboxylic acids is 1. The van der Waals surface area contributed by atoms with E-state index in [1.807, 2.05) is 6.92 Å². The second kappa shape index (κ2) is 6.08. The molecule has 1 aromatic rings. The number of hydrogen-bond acceptors (Lipinski definition) is 3. The molecule has 0 spiro atoms. The molecule has 1 heterocycles. The SMILES string of the molecule is CCCOc1cccn(C[C@@H](C)C(=O)O)c1=O. The van der Waals surface area contributed by atoms with Gasteiger partial charge in [-0.3, -0.25) is 9.59 Å². The summed E-state index contributed by atoms with van der Waals surface area (Å²) in [5.41, 5.74) is -0.283. The largest absolute Gasteiger partial charge is 0.488 e. The number of ether oxygens (including phenoxy) is 1. The van der Waals surface area contributed by atoms with Crippen molar-refractivity contribution in [2.45, 2.75) is 26.8 Å². The highest BCUT2D eigenvalue weighted by atomic mass is 16.5. The first-order chi connectivity index (χ1) is 8.06. The molecule has 0 aliphatic carbocycles. The van der Waals surface area contributed by atoms with E-state index in [1.54, 1.807) is 25.3 Å². The summed E-state index contributed by atoms with van der Waals surface area (Å²) >= 11 is 0. The summed E-state index contributed by atoms with van der Waals surface area (Å²) in [6.07, 6.45) is 2.39. The molecule has 0 aromatic carbocycles. The van der Waals surface area contributed by atoms with E-state index in [9.17, 15) is 9.59 Å². The van der Waals surface area contributed by atoms with Crippen molar-refractivity contribution in [1.29, 1.82) is 0 Å². The number of pyridine rings is 1. The van der Waals surface area contributed by atoms with Gasteiger partial charge < -0.3 is 14.4 Å². The van der Waals surface area contributed by atoms with E-state index in [0.717, 1.165) is 6.42 Å². The van der Waals surface area contributed by atoms with Crippen molar-refractivity contribution < 1.29 is 14.6 Å². The molecule has 1 rings (SSSR count). The van der Waals surface area contributed by atoms with Crippen LogP contribution in [-0.4, -0.2) is 22.2 Å². The molecule has 0 aliphatic heterocycles. The first-order valence-electron chi connectivity index (χ1n) is 5.61. The van der Waals surface area contributed by atoms with E-state index in [4.69, 9.17) is 9.84 Å². The second-order valence-electron chi connectivity index (χ2n) is 3.92. The molecule has 94 valence electrons. The van der Waals surface area contributed by atoms with Gasteiger partial charge in [0.15, 0.2) is 5.75 Å². The van der Waals surface area contributed by atoms with Crippen molar-refractivity contribution in [2.24, 2.45) is 5.92 Å². The molecule has 0 aliphatic rings. The third-order valence-corrected chi connectivity index (χ3v) is 2.34. The van der Waals surface area contributed by atoms with Crippen LogP contribution in [0.3, 0.4) is 0 Å². The zero-order valence-corrected chi connectivity index (χ0v) is 10.0. The molecule has 5 nitrogen and oxygen atoms in total. The number of carbonyl (C=O) groups is 1. The summed E-state index contributed by atoms with van der Waals surface area (Å²) in [5.74, 6) is -1.25. The quantitative estimate of drug-likeness (QED) is 0.813. The molecule has 0 amide bonds. The molecular formula is C12H17NO4. The van der Waals surface area contributed by atoms with Crippen LogP contribution in [0.4, 0.5) is 0 Å².